The number of fused-ring (bicyclic) bond motifs is 3. The first-order valence-electron chi connectivity index (χ1n) is 15.6. The van der Waals surface area contributed by atoms with E-state index in [1.54, 1.807) is 6.20 Å². The molecule has 1 aliphatic carbocycles. The van der Waals surface area contributed by atoms with Crippen LogP contribution in [0.4, 0.5) is 16.3 Å². The van der Waals surface area contributed by atoms with Crippen molar-refractivity contribution in [3.05, 3.63) is 88.6 Å². The number of rotatable bonds is 7. The van der Waals surface area contributed by atoms with Crippen molar-refractivity contribution >= 4 is 29.4 Å². The van der Waals surface area contributed by atoms with Gasteiger partial charge in [0, 0.05) is 30.5 Å². The summed E-state index contributed by atoms with van der Waals surface area (Å²) in [7, 11) is 0. The molecule has 6 rings (SSSR count). The van der Waals surface area contributed by atoms with Gasteiger partial charge in [-0.25, -0.2) is 9.78 Å². The third-order valence-corrected chi connectivity index (χ3v) is 8.27. The second-order valence-electron chi connectivity index (χ2n) is 12.6. The molecule has 0 bridgehead atoms. The van der Waals surface area contributed by atoms with Crippen molar-refractivity contribution in [1.29, 1.82) is 0 Å². The Hall–Kier alpha value is -4.24. The maximum atomic E-state index is 13.3. The molecule has 0 radical (unpaired) electrons. The summed E-state index contributed by atoms with van der Waals surface area (Å²) in [5.74, 6) is 0.264. The number of pyridine rings is 1. The van der Waals surface area contributed by atoms with Crippen LogP contribution in [-0.4, -0.2) is 57.9 Å². The molecular formula is C35H43N5O4. The smallest absolute Gasteiger partial charge is 0.411 e. The largest absolute Gasteiger partial charge is 0.444 e. The Morgan fingerprint density at radius 3 is 2.45 bits per heavy atom. The van der Waals surface area contributed by atoms with Gasteiger partial charge in [0.1, 0.15) is 18.0 Å². The zero-order chi connectivity index (χ0) is 31.5. The van der Waals surface area contributed by atoms with E-state index in [9.17, 15) is 14.4 Å². The van der Waals surface area contributed by atoms with Crippen LogP contribution in [0.2, 0.25) is 0 Å². The fraction of sp³-hybridized carbons (Fsp3) is 0.429. The lowest BCUT2D eigenvalue weighted by molar-refractivity contribution is -0.120. The van der Waals surface area contributed by atoms with Gasteiger partial charge in [0.2, 0.25) is 11.8 Å². The van der Waals surface area contributed by atoms with Crippen LogP contribution in [0.25, 0.3) is 0 Å². The van der Waals surface area contributed by atoms with Crippen LogP contribution in [0.1, 0.15) is 68.9 Å². The molecule has 1 saturated heterocycles. The minimum Gasteiger partial charge on any atom is -0.444 e. The average Bonchev–Trinajstić information content (AvgIpc) is 3.48. The van der Waals surface area contributed by atoms with E-state index in [0.29, 0.717) is 24.3 Å². The highest BCUT2D eigenvalue weighted by Crippen LogP contribution is 2.46. The van der Waals surface area contributed by atoms with E-state index >= 15 is 0 Å². The standard InChI is InChI=1S/C33H37N5O4.C2H6/c1-32(2,3)42-31(41)38(20-24-9-5-4-8-23(24)19-37-14-7-15-37)21-28(39)35-26-12-11-22-17-33(18-25(22)16-26)27-10-6-13-34-29(27)36-30(33)40;1-2/h4-6,8-13,16H,7,14-15,17-21H2,1-3H3,(H,35,39)(H,34,36,40);1-2H3. The maximum Gasteiger partial charge on any atom is 0.411 e. The summed E-state index contributed by atoms with van der Waals surface area (Å²) in [5, 5.41) is 5.90. The quantitative estimate of drug-likeness (QED) is 0.363. The number of amides is 3. The number of ether oxygens (including phenoxy) is 1. The van der Waals surface area contributed by atoms with Crippen molar-refractivity contribution in [2.45, 2.75) is 78.0 Å². The van der Waals surface area contributed by atoms with Gasteiger partial charge in [-0.15, -0.1) is 0 Å². The van der Waals surface area contributed by atoms with Crippen LogP contribution in [-0.2, 0) is 45.7 Å². The molecule has 3 amide bonds. The van der Waals surface area contributed by atoms with E-state index in [1.807, 2.05) is 83.1 Å². The van der Waals surface area contributed by atoms with E-state index in [-0.39, 0.29) is 24.9 Å². The Labute approximate surface area is 260 Å². The Morgan fingerprint density at radius 1 is 1.02 bits per heavy atom. The van der Waals surface area contributed by atoms with Gasteiger partial charge in [0.15, 0.2) is 0 Å². The molecule has 1 atom stereocenters. The Balaban J connectivity index is 0.00000188. The molecule has 9 heteroatoms. The number of hydrogen-bond acceptors (Lipinski definition) is 6. The molecule has 9 nitrogen and oxygen atoms in total. The summed E-state index contributed by atoms with van der Waals surface area (Å²) < 4.78 is 5.68. The molecule has 0 saturated carbocycles. The molecule has 1 fully saturated rings. The van der Waals surface area contributed by atoms with Crippen LogP contribution in [0.3, 0.4) is 0 Å². The second kappa shape index (κ2) is 12.8. The topological polar surface area (TPSA) is 104 Å². The highest BCUT2D eigenvalue weighted by Gasteiger charge is 2.51. The van der Waals surface area contributed by atoms with E-state index in [1.165, 1.54) is 11.3 Å². The minimum absolute atomic E-state index is 0.0413. The number of hydrogen-bond donors (Lipinski definition) is 2. The fourth-order valence-corrected chi connectivity index (χ4v) is 6.08. The van der Waals surface area contributed by atoms with E-state index in [0.717, 1.165) is 47.5 Å². The summed E-state index contributed by atoms with van der Waals surface area (Å²) in [6.07, 6.45) is 3.47. The van der Waals surface area contributed by atoms with Gasteiger partial charge in [-0.2, -0.15) is 0 Å². The highest BCUT2D eigenvalue weighted by atomic mass is 16.6. The third kappa shape index (κ3) is 6.63. The minimum atomic E-state index is -0.695. The van der Waals surface area contributed by atoms with Crippen LogP contribution in [0.5, 0.6) is 0 Å². The molecule has 3 aliphatic rings. The molecule has 3 heterocycles. The first kappa shape index (κ1) is 31.2. The summed E-state index contributed by atoms with van der Waals surface area (Å²) in [4.78, 5) is 47.8. The number of anilines is 2. The number of aromatic nitrogens is 1. The van der Waals surface area contributed by atoms with Gasteiger partial charge in [-0.05, 0) is 93.6 Å². The van der Waals surface area contributed by atoms with E-state index < -0.39 is 17.1 Å². The molecule has 1 aromatic heterocycles. The average molecular weight is 598 g/mol. The number of carbonyl (C=O) groups is 3. The zero-order valence-electron chi connectivity index (χ0n) is 26.4. The maximum absolute atomic E-state index is 13.3. The SMILES string of the molecule is CC.CC(C)(C)OC(=O)N(CC(=O)Nc1ccc2c(c1)CC1(C2)C(=O)Nc2ncccc21)Cc1ccccc1CN1CCC1. The van der Waals surface area contributed by atoms with Gasteiger partial charge < -0.3 is 15.4 Å². The predicted octanol–water partition coefficient (Wildman–Crippen LogP) is 5.68. The summed E-state index contributed by atoms with van der Waals surface area (Å²) in [6.45, 7) is 12.5. The molecule has 2 N–H and O–H groups in total. The van der Waals surface area contributed by atoms with Crippen molar-refractivity contribution in [3.8, 4) is 0 Å². The molecule has 2 aromatic carbocycles. The van der Waals surface area contributed by atoms with Crippen molar-refractivity contribution < 1.29 is 19.1 Å². The first-order valence-corrected chi connectivity index (χ1v) is 15.6. The van der Waals surface area contributed by atoms with Crippen molar-refractivity contribution in [1.82, 2.24) is 14.8 Å². The van der Waals surface area contributed by atoms with E-state index in [2.05, 4.69) is 26.6 Å². The van der Waals surface area contributed by atoms with Crippen LogP contribution >= 0.6 is 0 Å². The van der Waals surface area contributed by atoms with Crippen molar-refractivity contribution in [3.63, 3.8) is 0 Å². The molecule has 3 aromatic rings. The Kier molecular flexibility index (Phi) is 9.06. The van der Waals surface area contributed by atoms with Gasteiger partial charge in [-0.3, -0.25) is 19.4 Å². The van der Waals surface area contributed by atoms with Gasteiger partial charge in [0.05, 0.1) is 5.41 Å². The van der Waals surface area contributed by atoms with E-state index in [4.69, 9.17) is 4.74 Å². The number of nitrogens with zero attached hydrogens (tertiary/aromatic N) is 3. The number of benzene rings is 2. The summed E-state index contributed by atoms with van der Waals surface area (Å²) >= 11 is 0. The molecule has 232 valence electrons. The lowest BCUT2D eigenvalue weighted by Crippen LogP contribution is -2.41. The molecule has 44 heavy (non-hydrogen) atoms. The van der Waals surface area contributed by atoms with Crippen molar-refractivity contribution in [2.24, 2.45) is 0 Å². The summed E-state index contributed by atoms with van der Waals surface area (Å²) in [5.41, 5.74) is 4.41. The lowest BCUT2D eigenvalue weighted by atomic mass is 9.79. The molecule has 2 aliphatic heterocycles. The molecular weight excluding hydrogens is 554 g/mol. The normalized spacial score (nSPS) is 18.3. The zero-order valence-corrected chi connectivity index (χ0v) is 26.4. The summed E-state index contributed by atoms with van der Waals surface area (Å²) in [6, 6.07) is 17.6. The van der Waals surface area contributed by atoms with Gasteiger partial charge in [-0.1, -0.05) is 50.2 Å². The van der Waals surface area contributed by atoms with Gasteiger partial charge in [0.25, 0.3) is 0 Å². The lowest BCUT2D eigenvalue weighted by Gasteiger charge is -2.32. The monoisotopic (exact) mass is 597 g/mol. The number of carbonyl (C=O) groups excluding carboxylic acids is 3. The van der Waals surface area contributed by atoms with Gasteiger partial charge >= 0.3 is 6.09 Å². The van der Waals surface area contributed by atoms with Crippen LogP contribution in [0.15, 0.2) is 60.8 Å². The Bertz CT molecular complexity index is 1540. The fourth-order valence-electron chi connectivity index (χ4n) is 6.08. The number of nitrogens with one attached hydrogen (secondary N) is 2. The number of likely N-dealkylation sites (tertiary alicyclic amines) is 1. The Morgan fingerprint density at radius 2 is 1.75 bits per heavy atom. The highest BCUT2D eigenvalue weighted by molar-refractivity contribution is 6.06. The first-order chi connectivity index (χ1) is 21.1. The van der Waals surface area contributed by atoms with Crippen LogP contribution < -0.4 is 10.6 Å². The molecule has 1 unspecified atom stereocenters. The molecule has 1 spiro atoms. The van der Waals surface area contributed by atoms with Crippen LogP contribution in [0, 0.1) is 0 Å². The van der Waals surface area contributed by atoms with Crippen molar-refractivity contribution in [2.75, 3.05) is 30.3 Å². The third-order valence-electron chi connectivity index (χ3n) is 8.27. The predicted molar refractivity (Wildman–Crippen MR) is 171 cm³/mol. The second-order valence-corrected chi connectivity index (χ2v) is 12.6.